The summed E-state index contributed by atoms with van der Waals surface area (Å²) in [5.74, 6) is 0.142. The van der Waals surface area contributed by atoms with Crippen LogP contribution in [-0.2, 0) is 12.8 Å². The Balaban J connectivity index is 1.62. The van der Waals surface area contributed by atoms with Crippen molar-refractivity contribution in [3.63, 3.8) is 0 Å². The molecule has 0 aliphatic heterocycles. The molecule has 1 N–H and O–H groups in total. The number of hydrogen-bond acceptors (Lipinski definition) is 2. The lowest BCUT2D eigenvalue weighted by Crippen LogP contribution is -2.40. The number of aromatic amines is 1. The molecule has 22 heavy (non-hydrogen) atoms. The Hall–Kier alpha value is -2.07. The van der Waals surface area contributed by atoms with Gasteiger partial charge in [-0.2, -0.15) is 0 Å². The SMILES string of the molecule is CN(C(=O)c1cccs1)C1CCc2[nH]c3ccccc3c2C1. The Morgan fingerprint density at radius 2 is 2.14 bits per heavy atom. The maximum Gasteiger partial charge on any atom is 0.263 e. The van der Waals surface area contributed by atoms with E-state index in [1.807, 2.05) is 29.5 Å². The third-order valence-corrected chi connectivity index (χ3v) is 5.53. The van der Waals surface area contributed by atoms with Crippen molar-refractivity contribution in [1.82, 2.24) is 9.88 Å². The molecule has 3 nitrogen and oxygen atoms in total. The topological polar surface area (TPSA) is 36.1 Å². The molecule has 1 aliphatic rings. The molecule has 1 atom stereocenters. The fourth-order valence-electron chi connectivity index (χ4n) is 3.42. The van der Waals surface area contributed by atoms with Gasteiger partial charge in [0.1, 0.15) is 0 Å². The van der Waals surface area contributed by atoms with E-state index in [0.29, 0.717) is 0 Å². The van der Waals surface area contributed by atoms with Crippen molar-refractivity contribution in [3.8, 4) is 0 Å². The maximum absolute atomic E-state index is 12.5. The van der Waals surface area contributed by atoms with Gasteiger partial charge in [-0.25, -0.2) is 0 Å². The third-order valence-electron chi connectivity index (χ3n) is 4.67. The average Bonchev–Trinajstić information content (AvgIpc) is 3.20. The number of aromatic nitrogens is 1. The Labute approximate surface area is 133 Å². The van der Waals surface area contributed by atoms with Gasteiger partial charge in [-0.05, 0) is 42.3 Å². The number of likely N-dealkylation sites (N-methyl/N-ethyl adjacent to an activating group) is 1. The van der Waals surface area contributed by atoms with E-state index in [2.05, 4.69) is 29.2 Å². The van der Waals surface area contributed by atoms with Gasteiger partial charge in [-0.3, -0.25) is 4.79 Å². The first kappa shape index (κ1) is 13.6. The highest BCUT2D eigenvalue weighted by Gasteiger charge is 2.28. The molecule has 0 fully saturated rings. The maximum atomic E-state index is 12.5. The molecule has 0 saturated heterocycles. The quantitative estimate of drug-likeness (QED) is 0.766. The predicted octanol–water partition coefficient (Wildman–Crippen LogP) is 3.86. The number of amides is 1. The van der Waals surface area contributed by atoms with E-state index in [0.717, 1.165) is 24.1 Å². The number of rotatable bonds is 2. The lowest BCUT2D eigenvalue weighted by atomic mass is 9.90. The second kappa shape index (κ2) is 5.29. The van der Waals surface area contributed by atoms with Crippen LogP contribution in [0, 0.1) is 0 Å². The lowest BCUT2D eigenvalue weighted by Gasteiger charge is -2.31. The normalized spacial score (nSPS) is 17.4. The van der Waals surface area contributed by atoms with Crippen molar-refractivity contribution in [2.75, 3.05) is 7.05 Å². The van der Waals surface area contributed by atoms with Crippen LogP contribution in [0.3, 0.4) is 0 Å². The molecule has 3 aromatic rings. The van der Waals surface area contributed by atoms with Gasteiger partial charge in [0.15, 0.2) is 0 Å². The van der Waals surface area contributed by atoms with Gasteiger partial charge in [0.2, 0.25) is 0 Å². The molecule has 1 unspecified atom stereocenters. The number of nitrogens with zero attached hydrogens (tertiary/aromatic N) is 1. The molecule has 0 saturated carbocycles. The van der Waals surface area contributed by atoms with Gasteiger partial charge >= 0.3 is 0 Å². The fourth-order valence-corrected chi connectivity index (χ4v) is 4.13. The van der Waals surface area contributed by atoms with E-state index in [-0.39, 0.29) is 11.9 Å². The zero-order chi connectivity index (χ0) is 15.1. The Morgan fingerprint density at radius 3 is 2.95 bits per heavy atom. The summed E-state index contributed by atoms with van der Waals surface area (Å²) < 4.78 is 0. The van der Waals surface area contributed by atoms with Gasteiger partial charge < -0.3 is 9.88 Å². The van der Waals surface area contributed by atoms with Crippen LogP contribution in [0.2, 0.25) is 0 Å². The Morgan fingerprint density at radius 1 is 1.27 bits per heavy atom. The summed E-state index contributed by atoms with van der Waals surface area (Å²) in [6.45, 7) is 0. The standard InChI is InChI=1S/C18H18N2OS/c1-20(18(21)17-7-4-10-22-17)12-8-9-16-14(11-12)13-5-2-3-6-15(13)19-16/h2-7,10,12,19H,8-9,11H2,1H3. The molecule has 1 aliphatic carbocycles. The number of hydrogen-bond donors (Lipinski definition) is 1. The molecule has 4 heteroatoms. The molecule has 2 heterocycles. The summed E-state index contributed by atoms with van der Waals surface area (Å²) in [5, 5.41) is 3.26. The molecule has 1 aromatic carbocycles. The molecule has 1 amide bonds. The number of carbonyl (C=O) groups excluding carboxylic acids is 1. The minimum absolute atomic E-state index is 0.142. The second-order valence-electron chi connectivity index (χ2n) is 5.92. The highest BCUT2D eigenvalue weighted by Crippen LogP contribution is 2.31. The van der Waals surface area contributed by atoms with Crippen LogP contribution in [0.1, 0.15) is 27.3 Å². The number of aryl methyl sites for hydroxylation is 1. The van der Waals surface area contributed by atoms with Gasteiger partial charge in [-0.1, -0.05) is 24.3 Å². The summed E-state index contributed by atoms with van der Waals surface area (Å²) in [4.78, 5) is 18.8. The van der Waals surface area contributed by atoms with Crippen molar-refractivity contribution >= 4 is 28.1 Å². The van der Waals surface area contributed by atoms with Crippen molar-refractivity contribution < 1.29 is 4.79 Å². The highest BCUT2D eigenvalue weighted by molar-refractivity contribution is 7.12. The van der Waals surface area contributed by atoms with E-state index in [4.69, 9.17) is 0 Å². The van der Waals surface area contributed by atoms with Crippen LogP contribution in [0.25, 0.3) is 10.9 Å². The first-order valence-corrected chi connectivity index (χ1v) is 8.51. The summed E-state index contributed by atoms with van der Waals surface area (Å²) in [5.41, 5.74) is 3.94. The minimum Gasteiger partial charge on any atom is -0.358 e. The first-order valence-electron chi connectivity index (χ1n) is 7.63. The van der Waals surface area contributed by atoms with Crippen LogP contribution in [0.4, 0.5) is 0 Å². The molecule has 2 aromatic heterocycles. The molecule has 0 radical (unpaired) electrons. The highest BCUT2D eigenvalue weighted by atomic mass is 32.1. The Bertz CT molecular complexity index is 819. The largest absolute Gasteiger partial charge is 0.358 e. The van der Waals surface area contributed by atoms with Crippen LogP contribution < -0.4 is 0 Å². The monoisotopic (exact) mass is 310 g/mol. The first-order chi connectivity index (χ1) is 10.7. The molecule has 0 bridgehead atoms. The van der Waals surface area contributed by atoms with E-state index < -0.39 is 0 Å². The van der Waals surface area contributed by atoms with Crippen LogP contribution >= 0.6 is 11.3 Å². The number of nitrogens with one attached hydrogen (secondary N) is 1. The third kappa shape index (κ3) is 2.15. The van der Waals surface area contributed by atoms with Crippen LogP contribution in [0.15, 0.2) is 41.8 Å². The van der Waals surface area contributed by atoms with Gasteiger partial charge in [-0.15, -0.1) is 11.3 Å². The Kier molecular flexibility index (Phi) is 3.26. The van der Waals surface area contributed by atoms with E-state index in [9.17, 15) is 4.79 Å². The number of para-hydroxylation sites is 1. The summed E-state index contributed by atoms with van der Waals surface area (Å²) in [7, 11) is 1.94. The van der Waals surface area contributed by atoms with Crippen molar-refractivity contribution in [1.29, 1.82) is 0 Å². The summed E-state index contributed by atoms with van der Waals surface area (Å²) in [6, 6.07) is 12.6. The van der Waals surface area contributed by atoms with Gasteiger partial charge in [0, 0.05) is 29.7 Å². The number of benzene rings is 1. The van der Waals surface area contributed by atoms with E-state index >= 15 is 0 Å². The molecular formula is C18H18N2OS. The second-order valence-corrected chi connectivity index (χ2v) is 6.87. The number of thiophene rings is 1. The van der Waals surface area contributed by atoms with Crippen molar-refractivity contribution in [2.45, 2.75) is 25.3 Å². The van der Waals surface area contributed by atoms with Crippen LogP contribution in [-0.4, -0.2) is 28.9 Å². The van der Waals surface area contributed by atoms with E-state index in [1.54, 1.807) is 0 Å². The molecule has 4 rings (SSSR count). The van der Waals surface area contributed by atoms with E-state index in [1.165, 1.54) is 33.5 Å². The zero-order valence-electron chi connectivity index (χ0n) is 12.5. The minimum atomic E-state index is 0.142. The van der Waals surface area contributed by atoms with Gasteiger partial charge in [0.25, 0.3) is 5.91 Å². The molecule has 0 spiro atoms. The average molecular weight is 310 g/mol. The molecule has 112 valence electrons. The summed E-state index contributed by atoms with van der Waals surface area (Å²) >= 11 is 1.52. The number of fused-ring (bicyclic) bond motifs is 3. The van der Waals surface area contributed by atoms with Crippen molar-refractivity contribution in [3.05, 3.63) is 57.9 Å². The smallest absolute Gasteiger partial charge is 0.263 e. The van der Waals surface area contributed by atoms with Crippen molar-refractivity contribution in [2.24, 2.45) is 0 Å². The number of carbonyl (C=O) groups is 1. The predicted molar refractivity (Wildman–Crippen MR) is 90.5 cm³/mol. The summed E-state index contributed by atoms with van der Waals surface area (Å²) in [6.07, 6.45) is 2.97. The number of H-pyrrole nitrogens is 1. The van der Waals surface area contributed by atoms with Gasteiger partial charge in [0.05, 0.1) is 4.88 Å². The zero-order valence-corrected chi connectivity index (χ0v) is 13.3. The lowest BCUT2D eigenvalue weighted by molar-refractivity contribution is 0.0724. The fraction of sp³-hybridized carbons (Fsp3) is 0.278. The van der Waals surface area contributed by atoms with Crippen LogP contribution in [0.5, 0.6) is 0 Å². The molecular weight excluding hydrogens is 292 g/mol.